The molecule has 0 spiro atoms. The zero-order valence-corrected chi connectivity index (χ0v) is 11.2. The van der Waals surface area contributed by atoms with Crippen molar-refractivity contribution in [2.45, 2.75) is 6.92 Å². The summed E-state index contributed by atoms with van der Waals surface area (Å²) < 4.78 is 2.99. The van der Waals surface area contributed by atoms with Crippen LogP contribution >= 0.6 is 10.7 Å². The molecule has 1 heterocycles. The Kier molecular flexibility index (Phi) is 2.56. The zero-order chi connectivity index (χ0) is 12.7. The van der Waals surface area contributed by atoms with E-state index >= 15 is 0 Å². The summed E-state index contributed by atoms with van der Waals surface area (Å²) in [5.41, 5.74) is 1.36. The Morgan fingerprint density at radius 1 is 1.00 bits per heavy atom. The molecule has 1 unspecified atom stereocenters. The first-order chi connectivity index (χ1) is 8.70. The van der Waals surface area contributed by atoms with Crippen LogP contribution in [0.3, 0.4) is 0 Å². The average molecular weight is 256 g/mol. The van der Waals surface area contributed by atoms with Crippen molar-refractivity contribution < 1.29 is 0 Å². The first-order valence-corrected chi connectivity index (χ1v) is 7.05. The third-order valence-corrected chi connectivity index (χ3v) is 5.55. The molecule has 2 nitrogen and oxygen atoms in total. The summed E-state index contributed by atoms with van der Waals surface area (Å²) in [6.45, 7) is 2.10. The van der Waals surface area contributed by atoms with Crippen LogP contribution in [-0.4, -0.2) is 3.96 Å². The number of hydrogen-bond donors (Lipinski definition) is 0. The molecule has 2 aromatic carbocycles. The quantitative estimate of drug-likeness (QED) is 0.610. The first-order valence-electron chi connectivity index (χ1n) is 5.87. The van der Waals surface area contributed by atoms with Gasteiger partial charge >= 0.3 is 5.56 Å². The zero-order valence-electron chi connectivity index (χ0n) is 10.4. The lowest BCUT2D eigenvalue weighted by Gasteiger charge is -1.97. The molecule has 0 aliphatic rings. The minimum Gasteiger partial charge on any atom is -0.264 e. The van der Waals surface area contributed by atoms with E-state index in [0.717, 1.165) is 10.1 Å². The van der Waals surface area contributed by atoms with Crippen molar-refractivity contribution in [1.29, 1.82) is 0 Å². The van der Waals surface area contributed by atoms with E-state index in [4.69, 9.17) is 0 Å². The first kappa shape index (κ1) is 11.2. The van der Waals surface area contributed by atoms with Gasteiger partial charge in [0, 0.05) is 17.7 Å². The second kappa shape index (κ2) is 4.10. The van der Waals surface area contributed by atoms with Gasteiger partial charge < -0.3 is 0 Å². The van der Waals surface area contributed by atoms with Crippen molar-refractivity contribution >= 4 is 20.8 Å². The van der Waals surface area contributed by atoms with Crippen LogP contribution in [0.15, 0.2) is 53.3 Å². The van der Waals surface area contributed by atoms with Gasteiger partial charge in [-0.05, 0) is 13.0 Å². The molecule has 0 N–H and O–H groups in total. The van der Waals surface area contributed by atoms with Crippen LogP contribution in [0.2, 0.25) is 0 Å². The average Bonchev–Trinajstić information content (AvgIpc) is 2.64. The van der Waals surface area contributed by atoms with Crippen molar-refractivity contribution in [3.8, 4) is 4.90 Å². The molecule has 0 aliphatic carbocycles. The molecule has 3 rings (SSSR count). The van der Waals surface area contributed by atoms with Crippen molar-refractivity contribution in [1.82, 2.24) is 3.96 Å². The Morgan fingerprint density at radius 3 is 2.44 bits per heavy atom. The largest absolute Gasteiger partial charge is 0.304 e. The van der Waals surface area contributed by atoms with E-state index in [-0.39, 0.29) is 16.2 Å². The van der Waals surface area contributed by atoms with Gasteiger partial charge in [0.25, 0.3) is 0 Å². The van der Waals surface area contributed by atoms with Gasteiger partial charge in [0.05, 0.1) is 7.05 Å². The van der Waals surface area contributed by atoms with Gasteiger partial charge in [-0.3, -0.25) is 4.79 Å². The Labute approximate surface area is 108 Å². The van der Waals surface area contributed by atoms with Gasteiger partial charge in [-0.15, -0.1) is 3.96 Å². The summed E-state index contributed by atoms with van der Waals surface area (Å²) in [4.78, 5) is 13.5. The van der Waals surface area contributed by atoms with Crippen LogP contribution in [-0.2, 0) is 7.05 Å². The van der Waals surface area contributed by atoms with Gasteiger partial charge in [0.1, 0.15) is 16.1 Å². The number of rotatable bonds is 1. The van der Waals surface area contributed by atoms with Crippen LogP contribution in [0.1, 0.15) is 5.56 Å². The molecule has 0 amide bonds. The van der Waals surface area contributed by atoms with Crippen LogP contribution < -0.4 is 5.56 Å². The Balaban J connectivity index is 2.47. The summed E-state index contributed by atoms with van der Waals surface area (Å²) >= 11 is 0. The summed E-state index contributed by atoms with van der Waals surface area (Å²) in [5, 5.41) is 0.839. The van der Waals surface area contributed by atoms with Crippen LogP contribution in [0.25, 0.3) is 15.0 Å². The SMILES string of the molecule is Cc1ccccc1-[s+]1c2ccccc2c(=O)n1C. The number of benzene rings is 2. The molecule has 0 saturated carbocycles. The highest BCUT2D eigenvalue weighted by Gasteiger charge is 2.24. The second-order valence-electron chi connectivity index (χ2n) is 4.35. The lowest BCUT2D eigenvalue weighted by Crippen LogP contribution is -2.09. The fourth-order valence-corrected chi connectivity index (χ4v) is 4.49. The number of hydrogen-bond acceptors (Lipinski definition) is 1. The molecule has 0 aliphatic heterocycles. The summed E-state index contributed by atoms with van der Waals surface area (Å²) in [7, 11) is 1.62. The van der Waals surface area contributed by atoms with E-state index in [1.54, 1.807) is 0 Å². The number of fused-ring (bicyclic) bond motifs is 1. The molecule has 90 valence electrons. The number of nitrogens with zero attached hydrogens (tertiary/aromatic N) is 1. The molecule has 3 aromatic rings. The van der Waals surface area contributed by atoms with Crippen LogP contribution in [0.5, 0.6) is 0 Å². The molecule has 1 atom stereocenters. The van der Waals surface area contributed by atoms with E-state index in [2.05, 4.69) is 25.1 Å². The summed E-state index contributed by atoms with van der Waals surface area (Å²) in [6, 6.07) is 16.2. The normalized spacial score (nSPS) is 12.0. The molecule has 0 saturated heterocycles. The van der Waals surface area contributed by atoms with Crippen LogP contribution in [0.4, 0.5) is 0 Å². The van der Waals surface area contributed by atoms with E-state index in [0.29, 0.717) is 0 Å². The Hall–Kier alpha value is -1.87. The molecule has 0 radical (unpaired) electrons. The second-order valence-corrected chi connectivity index (χ2v) is 6.35. The highest BCUT2D eigenvalue weighted by atomic mass is 32.2. The lowest BCUT2D eigenvalue weighted by molar-refractivity contribution is 0.984. The topological polar surface area (TPSA) is 22.0 Å². The molecule has 1 aromatic heterocycles. The van der Waals surface area contributed by atoms with Gasteiger partial charge in [-0.2, -0.15) is 0 Å². The molecular formula is C15H14NOS+. The van der Waals surface area contributed by atoms with E-state index < -0.39 is 0 Å². The lowest BCUT2D eigenvalue weighted by atomic mass is 10.2. The maximum atomic E-state index is 12.2. The predicted octanol–water partition coefficient (Wildman–Crippen LogP) is 3.59. The minimum atomic E-state index is -0.268. The fourth-order valence-electron chi connectivity index (χ4n) is 2.25. The Bertz CT molecular complexity index is 783. The molecule has 0 bridgehead atoms. The highest BCUT2D eigenvalue weighted by molar-refractivity contribution is 7.41. The maximum Gasteiger partial charge on any atom is 0.304 e. The molecule has 18 heavy (non-hydrogen) atoms. The third-order valence-electron chi connectivity index (χ3n) is 3.19. The minimum absolute atomic E-state index is 0.122. The fraction of sp³-hybridized carbons (Fsp3) is 0.133. The smallest absolute Gasteiger partial charge is 0.264 e. The standard InChI is InChI=1S/C15H14NOS/c1-11-7-3-5-9-13(11)18-14-10-6-4-8-12(14)15(17)16(18)2/h3-10H,1-2H3/q+1. The van der Waals surface area contributed by atoms with Gasteiger partial charge in [-0.25, -0.2) is 0 Å². The van der Waals surface area contributed by atoms with Gasteiger partial charge in [0.15, 0.2) is 0 Å². The summed E-state index contributed by atoms with van der Waals surface area (Å²) in [5.74, 6) is 0. The van der Waals surface area contributed by atoms with Gasteiger partial charge in [-0.1, -0.05) is 30.3 Å². The van der Waals surface area contributed by atoms with Crippen molar-refractivity contribution in [3.63, 3.8) is 0 Å². The molecule has 0 fully saturated rings. The van der Waals surface area contributed by atoms with Crippen LogP contribution in [0, 0.1) is 6.92 Å². The monoisotopic (exact) mass is 256 g/mol. The molecule has 3 heteroatoms. The maximum absolute atomic E-state index is 12.2. The van der Waals surface area contributed by atoms with E-state index in [9.17, 15) is 4.79 Å². The van der Waals surface area contributed by atoms with E-state index in [1.165, 1.54) is 10.5 Å². The van der Waals surface area contributed by atoms with Crippen molar-refractivity contribution in [3.05, 3.63) is 64.4 Å². The van der Waals surface area contributed by atoms with Crippen molar-refractivity contribution in [2.24, 2.45) is 7.05 Å². The number of aromatic nitrogens is 1. The van der Waals surface area contributed by atoms with E-state index in [1.807, 2.05) is 41.3 Å². The summed E-state index contributed by atoms with van der Waals surface area (Å²) in [6.07, 6.45) is 0. The highest BCUT2D eigenvalue weighted by Crippen LogP contribution is 2.38. The number of aryl methyl sites for hydroxylation is 1. The predicted molar refractivity (Wildman–Crippen MR) is 77.7 cm³/mol. The van der Waals surface area contributed by atoms with Crippen molar-refractivity contribution in [2.75, 3.05) is 0 Å². The third kappa shape index (κ3) is 1.51. The Morgan fingerprint density at radius 2 is 1.67 bits per heavy atom. The van der Waals surface area contributed by atoms with Gasteiger partial charge in [0.2, 0.25) is 9.60 Å². The molecular weight excluding hydrogens is 242 g/mol.